The summed E-state index contributed by atoms with van der Waals surface area (Å²) in [5.41, 5.74) is 1.15. The van der Waals surface area contributed by atoms with Gasteiger partial charge in [-0.2, -0.15) is 5.26 Å². The van der Waals surface area contributed by atoms with E-state index in [2.05, 4.69) is 5.32 Å². The Morgan fingerprint density at radius 1 is 1.33 bits per heavy atom. The normalized spacial score (nSPS) is 10.4. The molecule has 0 fully saturated rings. The van der Waals surface area contributed by atoms with E-state index < -0.39 is 5.97 Å². The van der Waals surface area contributed by atoms with Crippen molar-refractivity contribution in [3.8, 4) is 6.07 Å². The maximum Gasteiger partial charge on any atom is 0.317 e. The fourth-order valence-corrected chi connectivity index (χ4v) is 1.79. The Hall–Kier alpha value is -2.39. The van der Waals surface area contributed by atoms with Crippen molar-refractivity contribution in [1.82, 2.24) is 4.90 Å². The number of carboxylic acids is 1. The Morgan fingerprint density at radius 2 is 1.95 bits per heavy atom. The van der Waals surface area contributed by atoms with Gasteiger partial charge in [0, 0.05) is 24.7 Å². The Morgan fingerprint density at radius 3 is 2.43 bits per heavy atom. The van der Waals surface area contributed by atoms with Gasteiger partial charge in [0.1, 0.15) is 0 Å². The first-order chi connectivity index (χ1) is 9.92. The molecule has 0 spiro atoms. The predicted molar refractivity (Wildman–Crippen MR) is 78.7 cm³/mol. The largest absolute Gasteiger partial charge is 0.480 e. The molecule has 0 atom stereocenters. The molecule has 0 saturated carbocycles. The fourth-order valence-electron chi connectivity index (χ4n) is 1.79. The summed E-state index contributed by atoms with van der Waals surface area (Å²) in [6.45, 7) is 4.08. The van der Waals surface area contributed by atoms with Gasteiger partial charge in [0.05, 0.1) is 18.2 Å². The third-order valence-corrected chi connectivity index (χ3v) is 2.99. The molecular weight excluding hydrogens is 270 g/mol. The summed E-state index contributed by atoms with van der Waals surface area (Å²) in [5.74, 6) is -1.09. The van der Waals surface area contributed by atoms with Gasteiger partial charge in [-0.15, -0.1) is 0 Å². The molecule has 0 heterocycles. The van der Waals surface area contributed by atoms with Crippen molar-refractivity contribution in [3.63, 3.8) is 0 Å². The molecule has 6 heteroatoms. The molecule has 1 aromatic carbocycles. The lowest BCUT2D eigenvalue weighted by molar-refractivity contribution is -0.139. The molecule has 0 aliphatic rings. The van der Waals surface area contributed by atoms with Gasteiger partial charge < -0.3 is 10.4 Å². The summed E-state index contributed by atoms with van der Waals surface area (Å²) in [6, 6.07) is 8.63. The molecular formula is C15H19N3O3. The van der Waals surface area contributed by atoms with E-state index in [9.17, 15) is 9.59 Å². The Labute approximate surface area is 124 Å². The molecule has 112 valence electrons. The summed E-state index contributed by atoms with van der Waals surface area (Å²) in [4.78, 5) is 24.3. The molecule has 0 bridgehead atoms. The molecule has 0 aromatic heterocycles. The summed E-state index contributed by atoms with van der Waals surface area (Å²) >= 11 is 0. The summed E-state index contributed by atoms with van der Waals surface area (Å²) < 4.78 is 0. The molecule has 0 unspecified atom stereocenters. The van der Waals surface area contributed by atoms with Crippen molar-refractivity contribution in [2.45, 2.75) is 26.3 Å². The minimum atomic E-state index is -0.906. The monoisotopic (exact) mass is 289 g/mol. The second kappa shape index (κ2) is 8.02. The van der Waals surface area contributed by atoms with Gasteiger partial charge in [-0.3, -0.25) is 14.5 Å². The number of hydrogen-bond donors (Lipinski definition) is 2. The molecule has 2 N–H and O–H groups in total. The number of amides is 1. The van der Waals surface area contributed by atoms with Crippen LogP contribution in [0.1, 0.15) is 25.8 Å². The second-order valence-corrected chi connectivity index (χ2v) is 4.95. The first kappa shape index (κ1) is 16.7. The number of nitrogens with one attached hydrogen (secondary N) is 1. The van der Waals surface area contributed by atoms with Crippen LogP contribution in [0.15, 0.2) is 24.3 Å². The van der Waals surface area contributed by atoms with E-state index in [1.165, 1.54) is 0 Å². The lowest BCUT2D eigenvalue weighted by atomic mass is 10.2. The third-order valence-electron chi connectivity index (χ3n) is 2.99. The summed E-state index contributed by atoms with van der Waals surface area (Å²) in [7, 11) is 0. The smallest absolute Gasteiger partial charge is 0.317 e. The maximum absolute atomic E-state index is 11.8. The molecule has 0 aliphatic carbocycles. The highest BCUT2D eigenvalue weighted by Gasteiger charge is 2.14. The molecule has 1 amide bonds. The first-order valence-corrected chi connectivity index (χ1v) is 6.68. The average molecular weight is 289 g/mol. The van der Waals surface area contributed by atoms with Crippen LogP contribution in [0.3, 0.4) is 0 Å². The number of benzene rings is 1. The number of aliphatic carboxylic acids is 1. The van der Waals surface area contributed by atoms with E-state index in [0.29, 0.717) is 17.8 Å². The van der Waals surface area contributed by atoms with E-state index in [-0.39, 0.29) is 24.9 Å². The molecule has 1 rings (SSSR count). The molecule has 0 radical (unpaired) electrons. The van der Waals surface area contributed by atoms with Crippen LogP contribution >= 0.6 is 0 Å². The highest BCUT2D eigenvalue weighted by molar-refractivity contribution is 5.90. The zero-order valence-corrected chi connectivity index (χ0v) is 12.2. The van der Waals surface area contributed by atoms with E-state index >= 15 is 0 Å². The van der Waals surface area contributed by atoms with Gasteiger partial charge in [-0.05, 0) is 38.1 Å². The van der Waals surface area contributed by atoms with Crippen molar-refractivity contribution in [2.75, 3.05) is 18.4 Å². The summed E-state index contributed by atoms with van der Waals surface area (Å²) in [6.07, 6.45) is 0.214. The number of anilines is 1. The van der Waals surface area contributed by atoms with Crippen LogP contribution in [0.2, 0.25) is 0 Å². The van der Waals surface area contributed by atoms with Gasteiger partial charge in [0.25, 0.3) is 0 Å². The Balaban J connectivity index is 2.48. The maximum atomic E-state index is 11.8. The third kappa shape index (κ3) is 6.06. The number of rotatable bonds is 7. The van der Waals surface area contributed by atoms with Crippen LogP contribution in [0.4, 0.5) is 5.69 Å². The van der Waals surface area contributed by atoms with Crippen LogP contribution < -0.4 is 5.32 Å². The lowest BCUT2D eigenvalue weighted by Crippen LogP contribution is -2.37. The highest BCUT2D eigenvalue weighted by atomic mass is 16.4. The van der Waals surface area contributed by atoms with Gasteiger partial charge in [0.15, 0.2) is 0 Å². The van der Waals surface area contributed by atoms with Crippen molar-refractivity contribution in [2.24, 2.45) is 0 Å². The Bertz CT molecular complexity index is 532. The van der Waals surface area contributed by atoms with E-state index in [1.807, 2.05) is 19.9 Å². The second-order valence-electron chi connectivity index (χ2n) is 4.95. The minimum absolute atomic E-state index is 0.0591. The number of hydrogen-bond acceptors (Lipinski definition) is 4. The van der Waals surface area contributed by atoms with Gasteiger partial charge >= 0.3 is 5.97 Å². The zero-order valence-electron chi connectivity index (χ0n) is 12.2. The van der Waals surface area contributed by atoms with Crippen LogP contribution in [0, 0.1) is 11.3 Å². The average Bonchev–Trinajstić information content (AvgIpc) is 2.43. The van der Waals surface area contributed by atoms with Crippen molar-refractivity contribution in [3.05, 3.63) is 29.8 Å². The number of carboxylic acid groups (broad SMARTS) is 1. The van der Waals surface area contributed by atoms with E-state index in [1.54, 1.807) is 29.2 Å². The van der Waals surface area contributed by atoms with Crippen molar-refractivity contribution < 1.29 is 14.7 Å². The quantitative estimate of drug-likeness (QED) is 0.796. The topological polar surface area (TPSA) is 93.4 Å². The van der Waals surface area contributed by atoms with Crippen molar-refractivity contribution >= 4 is 17.6 Å². The lowest BCUT2D eigenvalue weighted by Gasteiger charge is -2.24. The number of carbonyl (C=O) groups is 2. The molecule has 0 saturated heterocycles. The number of nitrogens with zero attached hydrogens (tertiary/aromatic N) is 2. The number of nitriles is 1. The van der Waals surface area contributed by atoms with Gasteiger partial charge in [-0.25, -0.2) is 0 Å². The standard InChI is InChI=1S/C15H19N3O3/c1-11(2)18(10-15(20)21)8-7-14(19)17-13-5-3-12(9-16)4-6-13/h3-6,11H,7-8,10H2,1-2H3,(H,17,19)(H,20,21). The molecule has 1 aromatic rings. The SMILES string of the molecule is CC(C)N(CCC(=O)Nc1ccc(C#N)cc1)CC(=O)O. The highest BCUT2D eigenvalue weighted by Crippen LogP contribution is 2.09. The molecule has 21 heavy (non-hydrogen) atoms. The predicted octanol–water partition coefficient (Wildman–Crippen LogP) is 1.68. The van der Waals surface area contributed by atoms with Crippen molar-refractivity contribution in [1.29, 1.82) is 5.26 Å². The fraction of sp³-hybridized carbons (Fsp3) is 0.400. The van der Waals surface area contributed by atoms with Gasteiger partial charge in [-0.1, -0.05) is 0 Å². The van der Waals surface area contributed by atoms with Gasteiger partial charge in [0.2, 0.25) is 5.91 Å². The Kier molecular flexibility index (Phi) is 6.37. The minimum Gasteiger partial charge on any atom is -0.480 e. The van der Waals surface area contributed by atoms with Crippen LogP contribution in [-0.4, -0.2) is 41.0 Å². The first-order valence-electron chi connectivity index (χ1n) is 6.68. The van der Waals surface area contributed by atoms with E-state index in [0.717, 1.165) is 0 Å². The van der Waals surface area contributed by atoms with Crippen LogP contribution in [-0.2, 0) is 9.59 Å². The molecule has 6 nitrogen and oxygen atoms in total. The summed E-state index contributed by atoms with van der Waals surface area (Å²) in [5, 5.41) is 20.2. The zero-order chi connectivity index (χ0) is 15.8. The van der Waals surface area contributed by atoms with E-state index in [4.69, 9.17) is 10.4 Å². The number of carbonyl (C=O) groups excluding carboxylic acids is 1. The van der Waals surface area contributed by atoms with Crippen LogP contribution in [0.25, 0.3) is 0 Å². The molecule has 0 aliphatic heterocycles. The van der Waals surface area contributed by atoms with Crippen LogP contribution in [0.5, 0.6) is 0 Å².